The predicted octanol–water partition coefficient (Wildman–Crippen LogP) is 3.85. The number of alkyl carbamates (subject to hydrolysis) is 1. The van der Waals surface area contributed by atoms with E-state index in [0.717, 1.165) is 5.56 Å². The average molecular weight is 688 g/mol. The molecule has 2 aliphatic carbocycles. The Kier molecular flexibility index (Phi) is 6.61. The molecule has 4 atom stereocenters. The fourth-order valence-electron chi connectivity index (χ4n) is 6.82. The third kappa shape index (κ3) is 5.61. The molecule has 260 valence electrons. The number of methoxy groups -OCH3 is 1. The lowest BCUT2D eigenvalue weighted by Crippen LogP contribution is -2.33. The van der Waals surface area contributed by atoms with Crippen LogP contribution in [-0.2, 0) is 33.4 Å². The van der Waals surface area contributed by atoms with Crippen molar-refractivity contribution in [3.05, 3.63) is 76.5 Å². The molecule has 0 radical (unpaired) electrons. The van der Waals surface area contributed by atoms with E-state index in [9.17, 15) is 19.2 Å². The first-order chi connectivity index (χ1) is 26.4. The normalized spacial score (nSPS) is 23.5. The lowest BCUT2D eigenvalue weighted by Gasteiger charge is -2.17. The summed E-state index contributed by atoms with van der Waals surface area (Å²) >= 11 is 0. The van der Waals surface area contributed by atoms with Crippen LogP contribution in [0.3, 0.4) is 0 Å². The number of esters is 1. The molecular weight excluding hydrogens is 642 g/mol. The van der Waals surface area contributed by atoms with Crippen molar-refractivity contribution in [2.75, 3.05) is 26.5 Å². The molecule has 0 saturated heterocycles. The highest BCUT2D eigenvalue weighted by Crippen LogP contribution is 2.52. The maximum Gasteiger partial charge on any atom is 0.407 e. The third-order valence-corrected chi connectivity index (χ3v) is 9.56. The molecule has 7 rings (SSSR count). The number of aryl methyl sites for hydroxylation is 1. The van der Waals surface area contributed by atoms with Crippen LogP contribution in [0.2, 0.25) is 0 Å². The minimum Gasteiger partial charge on any atom is -0.459 e. The maximum absolute atomic E-state index is 13.8. The minimum absolute atomic E-state index is 0.0470. The number of carbonyl (C=O) groups is 3. The van der Waals surface area contributed by atoms with Crippen LogP contribution in [0.4, 0.5) is 16.4 Å². The van der Waals surface area contributed by atoms with Gasteiger partial charge in [-0.05, 0) is 49.3 Å². The molecule has 0 unspecified atom stereocenters. The summed E-state index contributed by atoms with van der Waals surface area (Å²) in [6.45, 7) is -0.904. The van der Waals surface area contributed by atoms with Crippen molar-refractivity contribution in [3.63, 3.8) is 0 Å². The number of carbonyl (C=O) groups excluding carboxylic acids is 3. The Labute approximate surface area is 295 Å². The number of nitrogens with one attached hydrogen (secondary N) is 2. The van der Waals surface area contributed by atoms with Gasteiger partial charge in [0.1, 0.15) is 18.2 Å². The zero-order chi connectivity index (χ0) is 40.3. The van der Waals surface area contributed by atoms with Gasteiger partial charge in [-0.2, -0.15) is 5.10 Å². The van der Waals surface area contributed by atoms with Gasteiger partial charge in [-0.1, -0.05) is 37.3 Å². The van der Waals surface area contributed by atoms with Gasteiger partial charge in [-0.15, -0.1) is 0 Å². The van der Waals surface area contributed by atoms with Crippen LogP contribution in [0.1, 0.15) is 62.9 Å². The van der Waals surface area contributed by atoms with Crippen molar-refractivity contribution in [1.29, 1.82) is 0 Å². The van der Waals surface area contributed by atoms with Crippen LogP contribution in [0, 0.1) is 5.92 Å². The van der Waals surface area contributed by atoms with Gasteiger partial charge >= 0.3 is 17.8 Å². The van der Waals surface area contributed by atoms with E-state index < -0.39 is 49.4 Å². The van der Waals surface area contributed by atoms with Crippen LogP contribution >= 0.6 is 0 Å². The number of aromatic nitrogens is 6. The SMILES string of the molecule is [2H]C([2H])([2H])OC(=O)N[C@@H]1CC[C@@H](n2c(=O)n(C([2H])([2H])[2H])c3cnc(Nc4ccc5c(C(=O)N(C)C)nn([C@@]6(C(=O)OCc7ccccc7)C[C@@H]6C)c5n4)cc32)C1. The van der Waals surface area contributed by atoms with Gasteiger partial charge in [0.25, 0.3) is 5.91 Å². The first-order valence-electron chi connectivity index (χ1n) is 19.1. The van der Waals surface area contributed by atoms with Crippen LogP contribution < -0.4 is 16.3 Å². The Morgan fingerprint density at radius 1 is 1.10 bits per heavy atom. The molecule has 50 heavy (non-hydrogen) atoms. The lowest BCUT2D eigenvalue weighted by atomic mass is 10.2. The van der Waals surface area contributed by atoms with Crippen molar-refractivity contribution in [3.8, 4) is 0 Å². The van der Waals surface area contributed by atoms with E-state index in [2.05, 4.69) is 25.5 Å². The fourth-order valence-corrected chi connectivity index (χ4v) is 6.82. The van der Waals surface area contributed by atoms with Gasteiger partial charge in [0.05, 0.1) is 33.8 Å². The molecule has 2 fully saturated rings. The molecule has 4 aromatic heterocycles. The third-order valence-electron chi connectivity index (χ3n) is 9.56. The Balaban J connectivity index is 1.23. The Morgan fingerprint density at radius 3 is 2.62 bits per heavy atom. The summed E-state index contributed by atoms with van der Waals surface area (Å²) in [4.78, 5) is 63.6. The molecule has 2 saturated carbocycles. The topological polar surface area (TPSA) is 168 Å². The average Bonchev–Trinajstić information content (AvgIpc) is 3.38. The highest BCUT2D eigenvalue weighted by atomic mass is 16.5. The first kappa shape index (κ1) is 26.2. The van der Waals surface area contributed by atoms with Crippen LogP contribution in [-0.4, -0.2) is 78.9 Å². The summed E-state index contributed by atoms with van der Waals surface area (Å²) in [6.07, 6.45) is 1.49. The number of rotatable bonds is 9. The quantitative estimate of drug-likeness (QED) is 0.217. The number of hydrogen-bond acceptors (Lipinski definition) is 10. The summed E-state index contributed by atoms with van der Waals surface area (Å²) in [6, 6.07) is 12.9. The van der Waals surface area contributed by atoms with E-state index in [-0.39, 0.29) is 58.9 Å². The second-order valence-electron chi connectivity index (χ2n) is 13.0. The number of benzene rings is 1. The molecule has 0 aliphatic heterocycles. The Hall–Kier alpha value is -5.73. The molecule has 2 aliphatic rings. The van der Waals surface area contributed by atoms with Gasteiger partial charge in [0, 0.05) is 43.3 Å². The zero-order valence-corrected chi connectivity index (χ0v) is 27.5. The molecule has 0 spiro atoms. The molecule has 2 amide bonds. The monoisotopic (exact) mass is 687 g/mol. The highest BCUT2D eigenvalue weighted by Gasteiger charge is 2.62. The Bertz CT molecular complexity index is 2410. The van der Waals surface area contributed by atoms with Gasteiger partial charge in [0.2, 0.25) is 0 Å². The number of imidazole rings is 1. The summed E-state index contributed by atoms with van der Waals surface area (Å²) in [5, 5.41) is 10.7. The number of amides is 2. The summed E-state index contributed by atoms with van der Waals surface area (Å²) in [5.41, 5.74) is -0.571. The van der Waals surface area contributed by atoms with E-state index >= 15 is 0 Å². The van der Waals surface area contributed by atoms with Gasteiger partial charge < -0.3 is 25.0 Å². The van der Waals surface area contributed by atoms with Crippen molar-refractivity contribution >= 4 is 51.7 Å². The van der Waals surface area contributed by atoms with E-state index in [4.69, 9.17) is 17.9 Å². The second kappa shape index (κ2) is 12.6. The van der Waals surface area contributed by atoms with Crippen molar-refractivity contribution in [1.82, 2.24) is 39.1 Å². The Morgan fingerprint density at radius 2 is 1.90 bits per heavy atom. The zero-order valence-electron chi connectivity index (χ0n) is 33.5. The van der Waals surface area contributed by atoms with E-state index in [1.165, 1.54) is 26.4 Å². The van der Waals surface area contributed by atoms with Crippen LogP contribution in [0.15, 0.2) is 59.5 Å². The maximum atomic E-state index is 13.8. The number of nitrogens with zero attached hydrogens (tertiary/aromatic N) is 7. The number of hydrogen-bond donors (Lipinski definition) is 2. The summed E-state index contributed by atoms with van der Waals surface area (Å²) in [5.74, 6) is -0.640. The highest BCUT2D eigenvalue weighted by molar-refractivity contribution is 6.04. The molecule has 15 heteroatoms. The molecular formula is C35H39N9O6. The second-order valence-corrected chi connectivity index (χ2v) is 13.0. The summed E-state index contributed by atoms with van der Waals surface area (Å²) in [7, 11) is 0.259. The van der Waals surface area contributed by atoms with Crippen molar-refractivity contribution in [2.45, 2.75) is 56.8 Å². The largest absolute Gasteiger partial charge is 0.459 e. The van der Waals surface area contributed by atoms with Crippen LogP contribution in [0.5, 0.6) is 0 Å². The number of ether oxygens (including phenoxy) is 2. The van der Waals surface area contributed by atoms with Gasteiger partial charge in [-0.25, -0.2) is 29.0 Å². The van der Waals surface area contributed by atoms with Gasteiger partial charge in [0.15, 0.2) is 16.9 Å². The number of pyridine rings is 2. The minimum atomic E-state index is -2.93. The van der Waals surface area contributed by atoms with E-state index in [1.54, 1.807) is 26.2 Å². The van der Waals surface area contributed by atoms with E-state index in [1.807, 2.05) is 37.3 Å². The van der Waals surface area contributed by atoms with Crippen molar-refractivity contribution in [2.24, 2.45) is 12.9 Å². The molecule has 4 heterocycles. The van der Waals surface area contributed by atoms with Gasteiger partial charge in [-0.3, -0.25) is 13.9 Å². The van der Waals surface area contributed by atoms with E-state index in [0.29, 0.717) is 29.2 Å². The number of fused-ring (bicyclic) bond motifs is 2. The summed E-state index contributed by atoms with van der Waals surface area (Å²) < 4.78 is 59.4. The number of anilines is 2. The molecule has 0 bridgehead atoms. The standard InChI is InChI=1S/C35H39N9O6/c1-20-17-35(20,32(46)50-19-21-9-7-6-8-10-21)44-30-24(29(40-44)31(45)41(2)3)13-14-27(39-30)38-28-16-25-26(18-36-28)42(4)34(48)43(25)23-12-11-22(15-23)37-33(47)49-5/h6-10,13-14,16,18,20,22-23H,11-12,15,17,19H2,1-5H3,(H,37,47)(H,36,38,39)/t20-,22+,23+,35-/m0/s1/i4D3,5D3. The molecule has 1 aromatic carbocycles. The molecule has 15 nitrogen and oxygen atoms in total. The first-order valence-corrected chi connectivity index (χ1v) is 16.1. The van der Waals surface area contributed by atoms with Crippen LogP contribution in [0.25, 0.3) is 22.1 Å². The fraction of sp³-hybridized carbons (Fsp3) is 0.400. The smallest absolute Gasteiger partial charge is 0.407 e. The lowest BCUT2D eigenvalue weighted by molar-refractivity contribution is -0.151. The molecule has 5 aromatic rings. The van der Waals surface area contributed by atoms with Crippen molar-refractivity contribution < 1.29 is 32.1 Å². The predicted molar refractivity (Wildman–Crippen MR) is 184 cm³/mol. The molecule has 2 N–H and O–H groups in total.